The van der Waals surface area contributed by atoms with Gasteiger partial charge in [-0.3, -0.25) is 14.2 Å². The summed E-state index contributed by atoms with van der Waals surface area (Å²) < 4.78 is 33.9. The number of hydrogen-bond donors (Lipinski definition) is 0. The summed E-state index contributed by atoms with van der Waals surface area (Å²) in [6.07, 6.45) is 49.2. The number of esters is 2. The number of carbonyl (C=O) groups is 2. The van der Waals surface area contributed by atoms with E-state index in [4.69, 9.17) is 18.5 Å². The zero-order valence-electron chi connectivity index (χ0n) is 37.5. The van der Waals surface area contributed by atoms with Crippen LogP contribution in [-0.4, -0.2) is 70.0 Å². The van der Waals surface area contributed by atoms with Crippen LogP contribution >= 0.6 is 7.82 Å². The molecule has 0 rings (SSSR count). The highest BCUT2D eigenvalue weighted by molar-refractivity contribution is 7.45. The predicted molar refractivity (Wildman–Crippen MR) is 240 cm³/mol. The van der Waals surface area contributed by atoms with E-state index in [0.29, 0.717) is 23.9 Å². The summed E-state index contributed by atoms with van der Waals surface area (Å²) in [5.74, 6) is -0.885. The third kappa shape index (κ3) is 43.0. The molecule has 0 N–H and O–H groups in total. The summed E-state index contributed by atoms with van der Waals surface area (Å²) in [6.45, 7) is 4.07. The maximum absolute atomic E-state index is 12.7. The Morgan fingerprint density at radius 3 is 1.47 bits per heavy atom. The lowest BCUT2D eigenvalue weighted by Gasteiger charge is -2.28. The first-order chi connectivity index (χ1) is 28.0. The van der Waals surface area contributed by atoms with Gasteiger partial charge in [0.15, 0.2) is 6.10 Å². The average Bonchev–Trinajstić information content (AvgIpc) is 3.17. The van der Waals surface area contributed by atoms with Crippen LogP contribution in [0.4, 0.5) is 0 Å². The van der Waals surface area contributed by atoms with Gasteiger partial charge in [0.2, 0.25) is 0 Å². The van der Waals surface area contributed by atoms with Gasteiger partial charge in [0.1, 0.15) is 19.8 Å². The SMILES string of the molecule is CCC/C=C/C/C=C/C/C=C/C/C=C/CCCCCC(=O)O[C@H](COC(=O)CCCCCCCCC/C=C/C/C=C/CCCCC)COP(=O)([O-])OCC[N+](C)(C)C. The largest absolute Gasteiger partial charge is 0.756 e. The van der Waals surface area contributed by atoms with Gasteiger partial charge in [-0.15, -0.1) is 0 Å². The first-order valence-electron chi connectivity index (χ1n) is 22.6. The summed E-state index contributed by atoms with van der Waals surface area (Å²) >= 11 is 0. The Kier molecular flexibility index (Phi) is 38.1. The quantitative estimate of drug-likeness (QED) is 0.0197. The second-order valence-corrected chi connectivity index (χ2v) is 17.5. The van der Waals surface area contributed by atoms with E-state index in [1.165, 1.54) is 51.4 Å². The van der Waals surface area contributed by atoms with Crippen molar-refractivity contribution in [2.75, 3.05) is 47.5 Å². The lowest BCUT2D eigenvalue weighted by atomic mass is 10.1. The Labute approximate surface area is 355 Å². The maximum Gasteiger partial charge on any atom is 0.306 e. The zero-order chi connectivity index (χ0) is 42.8. The van der Waals surface area contributed by atoms with Crippen molar-refractivity contribution in [2.24, 2.45) is 0 Å². The highest BCUT2D eigenvalue weighted by Crippen LogP contribution is 2.38. The minimum absolute atomic E-state index is 0.0423. The number of allylic oxidation sites excluding steroid dienone is 12. The van der Waals surface area contributed by atoms with Crippen molar-refractivity contribution in [3.05, 3.63) is 72.9 Å². The van der Waals surface area contributed by atoms with Crippen molar-refractivity contribution in [3.8, 4) is 0 Å². The van der Waals surface area contributed by atoms with Gasteiger partial charge in [-0.05, 0) is 83.5 Å². The van der Waals surface area contributed by atoms with E-state index in [0.717, 1.165) is 77.0 Å². The molecule has 0 aliphatic heterocycles. The van der Waals surface area contributed by atoms with Crippen LogP contribution in [0, 0.1) is 0 Å². The molecule has 0 saturated carbocycles. The van der Waals surface area contributed by atoms with Gasteiger partial charge in [-0.2, -0.15) is 0 Å². The normalized spacial score (nSPS) is 14.2. The van der Waals surface area contributed by atoms with Crippen LogP contribution in [0.25, 0.3) is 0 Å². The number of phosphoric ester groups is 1. The Morgan fingerprint density at radius 2 is 0.966 bits per heavy atom. The van der Waals surface area contributed by atoms with Crippen LogP contribution in [0.1, 0.15) is 168 Å². The van der Waals surface area contributed by atoms with Crippen molar-refractivity contribution in [1.82, 2.24) is 0 Å². The van der Waals surface area contributed by atoms with Gasteiger partial charge >= 0.3 is 11.9 Å². The van der Waals surface area contributed by atoms with Crippen molar-refractivity contribution >= 4 is 19.8 Å². The number of rotatable bonds is 40. The summed E-state index contributed by atoms with van der Waals surface area (Å²) in [6, 6.07) is 0. The second-order valence-electron chi connectivity index (χ2n) is 16.1. The summed E-state index contributed by atoms with van der Waals surface area (Å²) in [4.78, 5) is 37.6. The van der Waals surface area contributed by atoms with Crippen LogP contribution in [0.15, 0.2) is 72.9 Å². The molecule has 0 aromatic heterocycles. The Balaban J connectivity index is 4.43. The van der Waals surface area contributed by atoms with Crippen LogP contribution in [-0.2, 0) is 32.7 Å². The molecule has 334 valence electrons. The molecule has 58 heavy (non-hydrogen) atoms. The fourth-order valence-electron chi connectivity index (χ4n) is 5.62. The third-order valence-corrected chi connectivity index (χ3v) is 10.1. The van der Waals surface area contributed by atoms with Gasteiger partial charge in [-0.1, -0.05) is 145 Å². The minimum Gasteiger partial charge on any atom is -0.756 e. The summed E-state index contributed by atoms with van der Waals surface area (Å²) in [5, 5.41) is 0. The number of hydrogen-bond acceptors (Lipinski definition) is 8. The first kappa shape index (κ1) is 55.5. The lowest BCUT2D eigenvalue weighted by Crippen LogP contribution is -2.37. The molecule has 0 aliphatic carbocycles. The molecule has 9 nitrogen and oxygen atoms in total. The van der Waals surface area contributed by atoms with Gasteiger partial charge in [-0.25, -0.2) is 0 Å². The van der Waals surface area contributed by atoms with Gasteiger partial charge < -0.3 is 27.9 Å². The van der Waals surface area contributed by atoms with Crippen molar-refractivity contribution in [1.29, 1.82) is 0 Å². The highest BCUT2D eigenvalue weighted by Gasteiger charge is 2.21. The molecule has 0 amide bonds. The average molecular weight is 834 g/mol. The van der Waals surface area contributed by atoms with E-state index in [1.54, 1.807) is 0 Å². The monoisotopic (exact) mass is 834 g/mol. The Hall–Kier alpha value is -2.55. The zero-order valence-corrected chi connectivity index (χ0v) is 38.4. The van der Waals surface area contributed by atoms with Crippen LogP contribution in [0.2, 0.25) is 0 Å². The number of likely N-dealkylation sites (N-methyl/N-ethyl adjacent to an activating group) is 1. The molecule has 0 aliphatic rings. The van der Waals surface area contributed by atoms with Crippen molar-refractivity contribution < 1.29 is 42.1 Å². The van der Waals surface area contributed by atoms with Gasteiger partial charge in [0, 0.05) is 12.8 Å². The second kappa shape index (κ2) is 39.9. The topological polar surface area (TPSA) is 111 Å². The molecular weight excluding hydrogens is 750 g/mol. The predicted octanol–water partition coefficient (Wildman–Crippen LogP) is 12.4. The minimum atomic E-state index is -4.64. The smallest absolute Gasteiger partial charge is 0.306 e. The molecular formula is C48H84NO8P. The molecule has 0 spiro atoms. The molecule has 1 unspecified atom stereocenters. The molecule has 0 saturated heterocycles. The number of nitrogens with zero attached hydrogens (tertiary/aromatic N) is 1. The Bertz CT molecular complexity index is 1220. The standard InChI is InChI=1S/C48H84NO8P/c1-6-8-10-12-14-16-18-20-22-24-26-28-30-32-34-36-38-40-47(50)54-44-46(45-56-58(52,53)55-43-42-49(3,4)5)57-48(51)41-39-37-35-33-31-29-27-25-23-21-19-17-15-13-11-9-7-2/h11,13-14,16-17,19-20,22-23,25,29,31,46H,6-10,12,15,18,21,24,26-28,30,32-45H2,1-5H3/b13-11+,16-14+,19-17+,22-20+,25-23+,31-29+/t46-/m1/s1. The van der Waals surface area contributed by atoms with E-state index >= 15 is 0 Å². The van der Waals surface area contributed by atoms with Crippen molar-refractivity contribution in [3.63, 3.8) is 0 Å². The number of quaternary nitrogens is 1. The molecule has 0 radical (unpaired) electrons. The fourth-order valence-corrected chi connectivity index (χ4v) is 6.34. The number of unbranched alkanes of at least 4 members (excludes halogenated alkanes) is 14. The number of carbonyl (C=O) groups excluding carboxylic acids is 2. The first-order valence-corrected chi connectivity index (χ1v) is 24.1. The summed E-state index contributed by atoms with van der Waals surface area (Å²) in [5.41, 5.74) is 0. The van der Waals surface area contributed by atoms with E-state index < -0.39 is 32.5 Å². The van der Waals surface area contributed by atoms with Gasteiger partial charge in [0.05, 0.1) is 27.7 Å². The molecule has 10 heteroatoms. The van der Waals surface area contributed by atoms with Crippen LogP contribution < -0.4 is 4.89 Å². The van der Waals surface area contributed by atoms with Crippen LogP contribution in [0.5, 0.6) is 0 Å². The van der Waals surface area contributed by atoms with E-state index in [-0.39, 0.29) is 26.1 Å². The number of phosphoric acid groups is 1. The number of ether oxygens (including phenoxy) is 2. The molecule has 2 atom stereocenters. The van der Waals surface area contributed by atoms with Gasteiger partial charge in [0.25, 0.3) is 7.82 Å². The van der Waals surface area contributed by atoms with Crippen LogP contribution in [0.3, 0.4) is 0 Å². The molecule has 0 aromatic rings. The third-order valence-electron chi connectivity index (χ3n) is 9.18. The summed E-state index contributed by atoms with van der Waals surface area (Å²) in [7, 11) is 1.13. The molecule has 0 heterocycles. The molecule has 0 fully saturated rings. The van der Waals surface area contributed by atoms with E-state index in [2.05, 4.69) is 86.8 Å². The highest BCUT2D eigenvalue weighted by atomic mass is 31.2. The lowest BCUT2D eigenvalue weighted by molar-refractivity contribution is -0.870. The van der Waals surface area contributed by atoms with Crippen molar-refractivity contribution in [2.45, 2.75) is 174 Å². The fraction of sp³-hybridized carbons (Fsp3) is 0.708. The van der Waals surface area contributed by atoms with E-state index in [9.17, 15) is 19.0 Å². The molecule has 0 bridgehead atoms. The van der Waals surface area contributed by atoms with E-state index in [1.807, 2.05) is 21.1 Å². The maximum atomic E-state index is 12.7. The molecule has 0 aromatic carbocycles. The Morgan fingerprint density at radius 1 is 0.534 bits per heavy atom.